The number of carbonyl (C=O) groups excluding carboxylic acids is 1. The minimum absolute atomic E-state index is 0.132. The summed E-state index contributed by atoms with van der Waals surface area (Å²) in [6.45, 7) is 1.89. The maximum absolute atomic E-state index is 13.0. The fourth-order valence-corrected chi connectivity index (χ4v) is 2.37. The standard InChI is InChI=1S/C14H12F3N3OS/c1-2-22-13-19-7-9(12(18)20-13)11(21)8-5-3-4-6-10(8)14(15,16)17/h3-7H,2H2,1H3,(H2,18,19,20). The Balaban J connectivity index is 2.45. The third kappa shape index (κ3) is 3.38. The van der Waals surface area contributed by atoms with Gasteiger partial charge in [0.15, 0.2) is 10.9 Å². The summed E-state index contributed by atoms with van der Waals surface area (Å²) in [5.41, 5.74) is 4.06. The van der Waals surface area contributed by atoms with E-state index in [2.05, 4.69) is 9.97 Å². The van der Waals surface area contributed by atoms with Crippen molar-refractivity contribution in [2.75, 3.05) is 11.5 Å². The van der Waals surface area contributed by atoms with Crippen LogP contribution in [0, 0.1) is 0 Å². The Hall–Kier alpha value is -2.09. The first-order valence-corrected chi connectivity index (χ1v) is 7.29. The first-order chi connectivity index (χ1) is 10.3. The zero-order chi connectivity index (χ0) is 16.3. The van der Waals surface area contributed by atoms with Crippen LogP contribution in [0.4, 0.5) is 19.0 Å². The zero-order valence-electron chi connectivity index (χ0n) is 11.5. The molecular formula is C14H12F3N3OS. The summed E-state index contributed by atoms with van der Waals surface area (Å²) in [5.74, 6) is -0.268. The second-order valence-electron chi connectivity index (χ2n) is 4.26. The smallest absolute Gasteiger partial charge is 0.383 e. The number of alkyl halides is 3. The lowest BCUT2D eigenvalue weighted by Crippen LogP contribution is -2.15. The molecule has 0 unspecified atom stereocenters. The lowest BCUT2D eigenvalue weighted by molar-refractivity contribution is -0.137. The van der Waals surface area contributed by atoms with Gasteiger partial charge in [-0.2, -0.15) is 13.2 Å². The van der Waals surface area contributed by atoms with Gasteiger partial charge in [-0.15, -0.1) is 0 Å². The van der Waals surface area contributed by atoms with Crippen molar-refractivity contribution in [2.24, 2.45) is 0 Å². The minimum atomic E-state index is -4.63. The highest BCUT2D eigenvalue weighted by Gasteiger charge is 2.35. The van der Waals surface area contributed by atoms with Gasteiger partial charge in [0, 0.05) is 11.8 Å². The van der Waals surface area contributed by atoms with Crippen LogP contribution in [-0.4, -0.2) is 21.5 Å². The average Bonchev–Trinajstić information content (AvgIpc) is 2.46. The van der Waals surface area contributed by atoms with E-state index in [1.54, 1.807) is 0 Å². The first kappa shape index (κ1) is 16.3. The number of aromatic nitrogens is 2. The van der Waals surface area contributed by atoms with Crippen molar-refractivity contribution in [1.82, 2.24) is 9.97 Å². The zero-order valence-corrected chi connectivity index (χ0v) is 12.3. The Bertz CT molecular complexity index is 704. The molecule has 1 aromatic carbocycles. The van der Waals surface area contributed by atoms with Gasteiger partial charge in [0.05, 0.1) is 11.1 Å². The van der Waals surface area contributed by atoms with Gasteiger partial charge in [-0.1, -0.05) is 36.9 Å². The molecule has 0 saturated heterocycles. The van der Waals surface area contributed by atoms with Gasteiger partial charge in [-0.25, -0.2) is 9.97 Å². The molecule has 0 saturated carbocycles. The van der Waals surface area contributed by atoms with E-state index in [0.29, 0.717) is 10.9 Å². The summed E-state index contributed by atoms with van der Waals surface area (Å²) in [5, 5.41) is 0.376. The molecule has 0 fully saturated rings. The molecule has 2 N–H and O–H groups in total. The predicted octanol–water partition coefficient (Wildman–Crippen LogP) is 3.42. The number of anilines is 1. The van der Waals surface area contributed by atoms with Crippen LogP contribution in [0.1, 0.15) is 28.4 Å². The molecule has 1 heterocycles. The quantitative estimate of drug-likeness (QED) is 0.529. The Labute approximate surface area is 129 Å². The van der Waals surface area contributed by atoms with Crippen LogP contribution in [0.2, 0.25) is 0 Å². The second-order valence-corrected chi connectivity index (χ2v) is 5.49. The fraction of sp³-hybridized carbons (Fsp3) is 0.214. The summed E-state index contributed by atoms with van der Waals surface area (Å²) >= 11 is 1.32. The molecule has 0 aliphatic rings. The molecule has 0 amide bonds. The maximum atomic E-state index is 13.0. The van der Waals surface area contributed by atoms with Crippen molar-refractivity contribution in [1.29, 1.82) is 0 Å². The molecule has 1 aromatic heterocycles. The average molecular weight is 327 g/mol. The summed E-state index contributed by atoms with van der Waals surface area (Å²) in [4.78, 5) is 20.2. The van der Waals surface area contributed by atoms with E-state index in [4.69, 9.17) is 5.73 Å². The summed E-state index contributed by atoms with van der Waals surface area (Å²) in [6.07, 6.45) is -3.46. The molecule has 0 bridgehead atoms. The number of nitrogens with zero attached hydrogens (tertiary/aromatic N) is 2. The third-order valence-corrected chi connectivity index (χ3v) is 3.53. The molecule has 4 nitrogen and oxygen atoms in total. The van der Waals surface area contributed by atoms with Crippen LogP contribution < -0.4 is 5.73 Å². The third-order valence-electron chi connectivity index (χ3n) is 2.79. The van der Waals surface area contributed by atoms with Crippen molar-refractivity contribution in [2.45, 2.75) is 18.3 Å². The predicted molar refractivity (Wildman–Crippen MR) is 77.7 cm³/mol. The van der Waals surface area contributed by atoms with Crippen LogP contribution in [0.5, 0.6) is 0 Å². The molecule has 0 radical (unpaired) electrons. The van der Waals surface area contributed by atoms with E-state index in [1.807, 2.05) is 6.92 Å². The number of nitrogen functional groups attached to an aromatic ring is 1. The van der Waals surface area contributed by atoms with Gasteiger partial charge in [0.25, 0.3) is 0 Å². The number of halogens is 3. The summed E-state index contributed by atoms with van der Waals surface area (Å²) in [6, 6.07) is 4.55. The molecule has 0 aliphatic carbocycles. The van der Waals surface area contributed by atoms with E-state index in [9.17, 15) is 18.0 Å². The van der Waals surface area contributed by atoms with Crippen molar-refractivity contribution in [3.8, 4) is 0 Å². The first-order valence-electron chi connectivity index (χ1n) is 6.30. The Morgan fingerprint density at radius 2 is 1.95 bits per heavy atom. The maximum Gasteiger partial charge on any atom is 0.417 e. The van der Waals surface area contributed by atoms with Gasteiger partial charge in [-0.3, -0.25) is 4.79 Å². The van der Waals surface area contributed by atoms with E-state index >= 15 is 0 Å². The van der Waals surface area contributed by atoms with Crippen molar-refractivity contribution in [3.63, 3.8) is 0 Å². The number of rotatable bonds is 4. The minimum Gasteiger partial charge on any atom is -0.383 e. The highest BCUT2D eigenvalue weighted by Crippen LogP contribution is 2.33. The summed E-state index contributed by atoms with van der Waals surface area (Å²) < 4.78 is 38.9. The van der Waals surface area contributed by atoms with E-state index in [1.165, 1.54) is 23.9 Å². The van der Waals surface area contributed by atoms with E-state index in [0.717, 1.165) is 18.3 Å². The molecular weight excluding hydrogens is 315 g/mol. The Morgan fingerprint density at radius 3 is 2.55 bits per heavy atom. The van der Waals surface area contributed by atoms with Gasteiger partial charge in [0.1, 0.15) is 5.82 Å². The molecule has 116 valence electrons. The molecule has 8 heteroatoms. The van der Waals surface area contributed by atoms with Crippen LogP contribution in [0.3, 0.4) is 0 Å². The molecule has 0 aliphatic heterocycles. The van der Waals surface area contributed by atoms with Crippen molar-refractivity contribution in [3.05, 3.63) is 47.2 Å². The molecule has 0 spiro atoms. The van der Waals surface area contributed by atoms with Crippen LogP contribution in [0.25, 0.3) is 0 Å². The van der Waals surface area contributed by atoms with E-state index in [-0.39, 0.29) is 11.4 Å². The van der Waals surface area contributed by atoms with Gasteiger partial charge in [0.2, 0.25) is 0 Å². The monoisotopic (exact) mass is 327 g/mol. The number of hydrogen-bond acceptors (Lipinski definition) is 5. The van der Waals surface area contributed by atoms with E-state index < -0.39 is 23.1 Å². The molecule has 22 heavy (non-hydrogen) atoms. The fourth-order valence-electron chi connectivity index (χ4n) is 1.83. The number of hydrogen-bond donors (Lipinski definition) is 1. The van der Waals surface area contributed by atoms with Crippen molar-refractivity contribution < 1.29 is 18.0 Å². The number of benzene rings is 1. The lowest BCUT2D eigenvalue weighted by atomic mass is 9.99. The molecule has 2 aromatic rings. The Kier molecular flexibility index (Phi) is 4.70. The van der Waals surface area contributed by atoms with Gasteiger partial charge < -0.3 is 5.73 Å². The number of carbonyl (C=O) groups is 1. The highest BCUT2D eigenvalue weighted by atomic mass is 32.2. The highest BCUT2D eigenvalue weighted by molar-refractivity contribution is 7.99. The normalized spacial score (nSPS) is 11.5. The van der Waals surface area contributed by atoms with Crippen LogP contribution in [-0.2, 0) is 6.18 Å². The molecule has 2 rings (SSSR count). The lowest BCUT2D eigenvalue weighted by Gasteiger charge is -2.12. The largest absolute Gasteiger partial charge is 0.417 e. The SMILES string of the molecule is CCSc1ncc(C(=O)c2ccccc2C(F)(F)F)c(N)n1. The van der Waals surface area contributed by atoms with Gasteiger partial charge in [-0.05, 0) is 11.8 Å². The van der Waals surface area contributed by atoms with Crippen molar-refractivity contribution >= 4 is 23.4 Å². The van der Waals surface area contributed by atoms with Crippen LogP contribution >= 0.6 is 11.8 Å². The number of ketones is 1. The number of thioether (sulfide) groups is 1. The number of nitrogens with two attached hydrogens (primary N) is 1. The topological polar surface area (TPSA) is 68.9 Å². The summed E-state index contributed by atoms with van der Waals surface area (Å²) in [7, 11) is 0. The van der Waals surface area contributed by atoms with Crippen LogP contribution in [0.15, 0.2) is 35.6 Å². The Morgan fingerprint density at radius 1 is 1.27 bits per heavy atom. The molecule has 0 atom stereocenters. The van der Waals surface area contributed by atoms with Gasteiger partial charge >= 0.3 is 6.18 Å². The second kappa shape index (κ2) is 6.35.